The van der Waals surface area contributed by atoms with Crippen LogP contribution < -0.4 is 0 Å². The molecule has 0 aromatic heterocycles. The van der Waals surface area contributed by atoms with Gasteiger partial charge < -0.3 is 0 Å². The Hall–Kier alpha value is -2.39. The van der Waals surface area contributed by atoms with Crippen molar-refractivity contribution in [3.8, 4) is 11.1 Å². The molecule has 0 amide bonds. The summed E-state index contributed by atoms with van der Waals surface area (Å²) in [5, 5.41) is 0. The van der Waals surface area contributed by atoms with E-state index in [9.17, 15) is 8.42 Å². The average Bonchev–Trinajstić information content (AvgIpc) is 2.72. The molecule has 28 heavy (non-hydrogen) atoms. The summed E-state index contributed by atoms with van der Waals surface area (Å²) < 4.78 is 23.4. The van der Waals surface area contributed by atoms with Crippen molar-refractivity contribution in [2.45, 2.75) is 42.9 Å². The number of sulfone groups is 1. The minimum absolute atomic E-state index is 0.403. The normalized spacial score (nSPS) is 18.1. The Morgan fingerprint density at radius 2 is 1.54 bits per heavy atom. The zero-order valence-corrected chi connectivity index (χ0v) is 16.9. The Labute approximate surface area is 167 Å². The fourth-order valence-corrected chi connectivity index (χ4v) is 5.63. The molecule has 2 aliphatic carbocycles. The lowest BCUT2D eigenvalue weighted by atomic mass is 9.74. The van der Waals surface area contributed by atoms with Gasteiger partial charge >= 0.3 is 0 Å². The molecule has 0 saturated heterocycles. The standard InChI is InChI=1S/C25H24O2S/c1-28(26,27)21-11-6-17(7-12-21)19-9-13-23-20(16-19)10-15-24-22-5-3-2-4-18(22)8-14-25(23)24/h2-7,10-12,15,19H,8-9,13-14,16H2,1H3. The Morgan fingerprint density at radius 3 is 2.32 bits per heavy atom. The van der Waals surface area contributed by atoms with E-state index in [0.717, 1.165) is 32.1 Å². The van der Waals surface area contributed by atoms with E-state index in [1.807, 2.05) is 12.1 Å². The number of rotatable bonds is 2. The molecular weight excluding hydrogens is 364 g/mol. The molecule has 142 valence electrons. The first-order valence-electron chi connectivity index (χ1n) is 10.0. The van der Waals surface area contributed by atoms with Gasteiger partial charge in [-0.15, -0.1) is 0 Å². The van der Waals surface area contributed by atoms with Crippen molar-refractivity contribution >= 4 is 9.84 Å². The summed E-state index contributed by atoms with van der Waals surface area (Å²) in [5.41, 5.74) is 10.1. The zero-order chi connectivity index (χ0) is 19.3. The number of benzene rings is 3. The third-order valence-electron chi connectivity index (χ3n) is 6.47. The van der Waals surface area contributed by atoms with Crippen LogP contribution in [0.3, 0.4) is 0 Å². The number of fused-ring (bicyclic) bond motifs is 5. The molecule has 0 spiro atoms. The summed E-state index contributed by atoms with van der Waals surface area (Å²) >= 11 is 0. The summed E-state index contributed by atoms with van der Waals surface area (Å²) in [7, 11) is -3.13. The molecule has 1 unspecified atom stereocenters. The van der Waals surface area contributed by atoms with Crippen LogP contribution in [0, 0.1) is 0 Å². The van der Waals surface area contributed by atoms with E-state index in [1.165, 1.54) is 34.1 Å². The highest BCUT2D eigenvalue weighted by atomic mass is 32.2. The summed E-state index contributed by atoms with van der Waals surface area (Å²) in [4.78, 5) is 0.403. The van der Waals surface area contributed by atoms with Crippen molar-refractivity contribution < 1.29 is 8.42 Å². The first-order chi connectivity index (χ1) is 13.5. The van der Waals surface area contributed by atoms with Crippen molar-refractivity contribution in [2.75, 3.05) is 6.26 Å². The van der Waals surface area contributed by atoms with Gasteiger partial charge in [-0.3, -0.25) is 0 Å². The quantitative estimate of drug-likeness (QED) is 0.610. The van der Waals surface area contributed by atoms with Crippen LogP contribution in [0.5, 0.6) is 0 Å². The lowest BCUT2D eigenvalue weighted by Crippen LogP contribution is -2.17. The molecule has 5 rings (SSSR count). The molecule has 0 fully saturated rings. The summed E-state index contributed by atoms with van der Waals surface area (Å²) in [6, 6.07) is 21.0. The highest BCUT2D eigenvalue weighted by Crippen LogP contribution is 2.41. The van der Waals surface area contributed by atoms with Gasteiger partial charge in [0.25, 0.3) is 0 Å². The Bertz CT molecular complexity index is 1160. The second-order valence-electron chi connectivity index (χ2n) is 8.17. The molecule has 0 radical (unpaired) electrons. The number of hydrogen-bond acceptors (Lipinski definition) is 2. The van der Waals surface area contributed by atoms with Gasteiger partial charge in [0, 0.05) is 6.26 Å². The predicted octanol–water partition coefficient (Wildman–Crippen LogP) is 5.13. The van der Waals surface area contributed by atoms with E-state index >= 15 is 0 Å². The van der Waals surface area contributed by atoms with Gasteiger partial charge in [-0.1, -0.05) is 48.5 Å². The fraction of sp³-hybridized carbons (Fsp3) is 0.280. The van der Waals surface area contributed by atoms with Crippen LogP contribution >= 0.6 is 0 Å². The monoisotopic (exact) mass is 388 g/mol. The first-order valence-corrected chi connectivity index (χ1v) is 11.9. The highest BCUT2D eigenvalue weighted by Gasteiger charge is 2.26. The lowest BCUT2D eigenvalue weighted by Gasteiger charge is -2.30. The van der Waals surface area contributed by atoms with Crippen molar-refractivity contribution in [3.63, 3.8) is 0 Å². The van der Waals surface area contributed by atoms with Gasteiger partial charge in [-0.2, -0.15) is 0 Å². The predicted molar refractivity (Wildman–Crippen MR) is 114 cm³/mol. The molecule has 0 N–H and O–H groups in total. The molecule has 0 aliphatic heterocycles. The second-order valence-corrected chi connectivity index (χ2v) is 10.2. The Morgan fingerprint density at radius 1 is 0.750 bits per heavy atom. The van der Waals surface area contributed by atoms with Crippen LogP contribution in [0.4, 0.5) is 0 Å². The topological polar surface area (TPSA) is 34.1 Å². The maximum Gasteiger partial charge on any atom is 0.175 e. The van der Waals surface area contributed by atoms with Crippen molar-refractivity contribution in [1.29, 1.82) is 0 Å². The van der Waals surface area contributed by atoms with Crippen molar-refractivity contribution in [2.24, 2.45) is 0 Å². The van der Waals surface area contributed by atoms with Crippen LogP contribution in [0.1, 0.15) is 40.2 Å². The van der Waals surface area contributed by atoms with Gasteiger partial charge in [0.1, 0.15) is 0 Å². The smallest absolute Gasteiger partial charge is 0.175 e. The van der Waals surface area contributed by atoms with Crippen LogP contribution in [-0.4, -0.2) is 14.7 Å². The molecule has 3 aromatic rings. The van der Waals surface area contributed by atoms with Crippen LogP contribution in [0.25, 0.3) is 11.1 Å². The zero-order valence-electron chi connectivity index (χ0n) is 16.1. The van der Waals surface area contributed by atoms with Gasteiger partial charge in [-0.05, 0) is 89.1 Å². The SMILES string of the molecule is CS(=O)(=O)c1ccc(C2CCc3c(ccc4c3CCc3ccccc3-4)C2)cc1. The summed E-state index contributed by atoms with van der Waals surface area (Å²) in [6.45, 7) is 0. The largest absolute Gasteiger partial charge is 0.224 e. The van der Waals surface area contributed by atoms with E-state index in [2.05, 4.69) is 36.4 Å². The van der Waals surface area contributed by atoms with Gasteiger partial charge in [0.15, 0.2) is 9.84 Å². The van der Waals surface area contributed by atoms with Gasteiger partial charge in [-0.25, -0.2) is 8.42 Å². The molecular formula is C25H24O2S. The molecule has 3 aromatic carbocycles. The third-order valence-corrected chi connectivity index (χ3v) is 7.60. The molecule has 2 nitrogen and oxygen atoms in total. The summed E-state index contributed by atoms with van der Waals surface area (Å²) in [5.74, 6) is 0.468. The molecule has 1 atom stereocenters. The average molecular weight is 389 g/mol. The summed E-state index contributed by atoms with van der Waals surface area (Å²) in [6.07, 6.45) is 6.82. The minimum atomic E-state index is -3.13. The third kappa shape index (κ3) is 2.98. The highest BCUT2D eigenvalue weighted by molar-refractivity contribution is 7.90. The maximum atomic E-state index is 11.7. The van der Waals surface area contributed by atoms with Crippen molar-refractivity contribution in [3.05, 3.63) is 88.5 Å². The van der Waals surface area contributed by atoms with E-state index < -0.39 is 9.84 Å². The number of hydrogen-bond donors (Lipinski definition) is 0. The molecule has 0 bridgehead atoms. The Balaban J connectivity index is 1.47. The van der Waals surface area contributed by atoms with E-state index in [-0.39, 0.29) is 0 Å². The molecule has 3 heteroatoms. The van der Waals surface area contributed by atoms with Crippen LogP contribution in [0.2, 0.25) is 0 Å². The van der Waals surface area contributed by atoms with E-state index in [1.54, 1.807) is 23.3 Å². The minimum Gasteiger partial charge on any atom is -0.224 e. The lowest BCUT2D eigenvalue weighted by molar-refractivity contribution is 0.579. The van der Waals surface area contributed by atoms with E-state index in [4.69, 9.17) is 0 Å². The van der Waals surface area contributed by atoms with Crippen LogP contribution in [0.15, 0.2) is 65.6 Å². The van der Waals surface area contributed by atoms with Gasteiger partial charge in [0.05, 0.1) is 4.90 Å². The first kappa shape index (κ1) is 17.7. The van der Waals surface area contributed by atoms with Gasteiger partial charge in [0.2, 0.25) is 0 Å². The fourth-order valence-electron chi connectivity index (χ4n) is 5.00. The molecule has 2 aliphatic rings. The number of aryl methyl sites for hydroxylation is 1. The second kappa shape index (κ2) is 6.59. The molecule has 0 saturated carbocycles. The van der Waals surface area contributed by atoms with Crippen molar-refractivity contribution in [1.82, 2.24) is 0 Å². The van der Waals surface area contributed by atoms with Crippen LogP contribution in [-0.2, 0) is 35.5 Å². The van der Waals surface area contributed by atoms with E-state index in [0.29, 0.717) is 10.8 Å². The maximum absolute atomic E-state index is 11.7. The molecule has 0 heterocycles. The Kier molecular flexibility index (Phi) is 4.17.